The summed E-state index contributed by atoms with van der Waals surface area (Å²) in [6, 6.07) is 12.4. The lowest BCUT2D eigenvalue weighted by molar-refractivity contribution is -0.137. The molecule has 32 heavy (non-hydrogen) atoms. The molecule has 1 aromatic carbocycles. The first-order valence-electron chi connectivity index (χ1n) is 10.7. The molecular formula is C23H26ClN5O3. The Labute approximate surface area is 191 Å². The Morgan fingerprint density at radius 2 is 2.06 bits per heavy atom. The van der Waals surface area contributed by atoms with Crippen LogP contribution in [0.1, 0.15) is 26.0 Å². The first-order valence-corrected chi connectivity index (χ1v) is 11.0. The van der Waals surface area contributed by atoms with Crippen LogP contribution in [-0.2, 0) is 15.1 Å². The highest BCUT2D eigenvalue weighted by molar-refractivity contribution is 6.30. The van der Waals surface area contributed by atoms with Crippen molar-refractivity contribution in [2.45, 2.75) is 31.8 Å². The lowest BCUT2D eigenvalue weighted by atomic mass is 9.84. The number of hydrogen-bond donors (Lipinski definition) is 2. The Morgan fingerprint density at radius 1 is 1.25 bits per heavy atom. The van der Waals surface area contributed by atoms with Gasteiger partial charge < -0.3 is 15.1 Å². The summed E-state index contributed by atoms with van der Waals surface area (Å²) in [4.78, 5) is 46.4. The number of aromatic nitrogens is 1. The van der Waals surface area contributed by atoms with E-state index in [0.29, 0.717) is 30.4 Å². The van der Waals surface area contributed by atoms with Crippen LogP contribution in [-0.4, -0.2) is 53.4 Å². The molecule has 9 heteroatoms. The molecule has 0 radical (unpaired) electrons. The van der Waals surface area contributed by atoms with E-state index in [-0.39, 0.29) is 18.4 Å². The van der Waals surface area contributed by atoms with Gasteiger partial charge in [-0.1, -0.05) is 30.7 Å². The average molecular weight is 456 g/mol. The third-order valence-electron chi connectivity index (χ3n) is 6.16. The highest BCUT2D eigenvalue weighted by Gasteiger charge is 2.50. The molecule has 1 aromatic heterocycles. The molecule has 0 aliphatic carbocycles. The second kappa shape index (κ2) is 8.78. The largest absolute Gasteiger partial charge is 0.365 e. The fourth-order valence-electron chi connectivity index (χ4n) is 4.59. The summed E-state index contributed by atoms with van der Waals surface area (Å²) in [6.45, 7) is 5.67. The van der Waals surface area contributed by atoms with Crippen molar-refractivity contribution in [3.05, 3.63) is 59.4 Å². The van der Waals surface area contributed by atoms with Crippen molar-refractivity contribution >= 4 is 35.1 Å². The second-order valence-corrected chi connectivity index (χ2v) is 8.88. The molecule has 8 nitrogen and oxygen atoms in total. The zero-order valence-corrected chi connectivity index (χ0v) is 18.8. The topological polar surface area (TPSA) is 94.6 Å². The van der Waals surface area contributed by atoms with Gasteiger partial charge in [0.15, 0.2) is 5.54 Å². The monoisotopic (exact) mass is 455 g/mol. The van der Waals surface area contributed by atoms with Crippen molar-refractivity contribution < 1.29 is 14.4 Å². The molecular weight excluding hydrogens is 430 g/mol. The molecule has 2 fully saturated rings. The highest BCUT2D eigenvalue weighted by atomic mass is 35.5. The van der Waals surface area contributed by atoms with E-state index in [4.69, 9.17) is 11.6 Å². The van der Waals surface area contributed by atoms with E-state index >= 15 is 0 Å². The predicted octanol–water partition coefficient (Wildman–Crippen LogP) is 2.53. The highest BCUT2D eigenvalue weighted by Crippen LogP contribution is 2.32. The van der Waals surface area contributed by atoms with Crippen LogP contribution in [0.4, 0.5) is 10.5 Å². The summed E-state index contributed by atoms with van der Waals surface area (Å²) >= 11 is 6.14. The first-order chi connectivity index (χ1) is 15.3. The zero-order chi connectivity index (χ0) is 22.9. The van der Waals surface area contributed by atoms with E-state index in [1.807, 2.05) is 29.2 Å². The van der Waals surface area contributed by atoms with Crippen molar-refractivity contribution in [1.29, 1.82) is 0 Å². The Kier molecular flexibility index (Phi) is 6.06. The minimum absolute atomic E-state index is 0.0492. The van der Waals surface area contributed by atoms with Crippen molar-refractivity contribution in [3.8, 4) is 0 Å². The summed E-state index contributed by atoms with van der Waals surface area (Å²) in [7, 11) is 0. The summed E-state index contributed by atoms with van der Waals surface area (Å²) in [6.07, 6.45) is 1.70. The number of hydrogen-bond acceptors (Lipinski definition) is 5. The maximum atomic E-state index is 13.3. The van der Waals surface area contributed by atoms with Crippen LogP contribution in [0.3, 0.4) is 0 Å². The van der Waals surface area contributed by atoms with E-state index in [1.165, 1.54) is 0 Å². The maximum Gasteiger partial charge on any atom is 0.322 e. The molecule has 3 unspecified atom stereocenters. The van der Waals surface area contributed by atoms with Gasteiger partial charge in [-0.25, -0.2) is 4.79 Å². The molecule has 168 valence electrons. The number of carbonyl (C=O) groups excluding carboxylic acids is 3. The van der Waals surface area contributed by atoms with Gasteiger partial charge in [0.05, 0.1) is 5.69 Å². The molecule has 4 rings (SSSR count). The first kappa shape index (κ1) is 22.1. The lowest BCUT2D eigenvalue weighted by Gasteiger charge is -2.42. The summed E-state index contributed by atoms with van der Waals surface area (Å²) in [5.41, 5.74) is 0.0912. The maximum absolute atomic E-state index is 13.3. The number of benzene rings is 1. The number of halogens is 1. The molecule has 2 N–H and O–H groups in total. The van der Waals surface area contributed by atoms with Gasteiger partial charge in [-0.3, -0.25) is 19.9 Å². The number of piperazine rings is 1. The second-order valence-electron chi connectivity index (χ2n) is 8.44. The van der Waals surface area contributed by atoms with Crippen LogP contribution >= 0.6 is 11.6 Å². The molecule has 3 atom stereocenters. The predicted molar refractivity (Wildman–Crippen MR) is 121 cm³/mol. The third kappa shape index (κ3) is 4.14. The van der Waals surface area contributed by atoms with Gasteiger partial charge in [-0.15, -0.1) is 0 Å². The van der Waals surface area contributed by atoms with Crippen LogP contribution in [0.25, 0.3) is 0 Å². The average Bonchev–Trinajstić information content (AvgIpc) is 3.07. The Bertz CT molecular complexity index is 1030. The third-order valence-corrected chi connectivity index (χ3v) is 6.39. The van der Waals surface area contributed by atoms with Gasteiger partial charge >= 0.3 is 6.03 Å². The minimum atomic E-state index is -1.36. The molecule has 0 spiro atoms. The Morgan fingerprint density at radius 3 is 2.69 bits per heavy atom. The van der Waals surface area contributed by atoms with Crippen LogP contribution in [0.5, 0.6) is 0 Å². The number of rotatable bonds is 5. The number of anilines is 1. The van der Waals surface area contributed by atoms with Crippen molar-refractivity contribution in [1.82, 2.24) is 20.5 Å². The zero-order valence-electron chi connectivity index (χ0n) is 18.0. The quantitative estimate of drug-likeness (QED) is 0.675. The van der Waals surface area contributed by atoms with Gasteiger partial charge in [0.2, 0.25) is 5.91 Å². The van der Waals surface area contributed by atoms with Gasteiger partial charge in [0.1, 0.15) is 0 Å². The fourth-order valence-corrected chi connectivity index (χ4v) is 4.77. The van der Waals surface area contributed by atoms with Crippen molar-refractivity contribution in [2.75, 3.05) is 24.5 Å². The summed E-state index contributed by atoms with van der Waals surface area (Å²) < 4.78 is 0. The molecule has 2 saturated heterocycles. The molecule has 2 aliphatic heterocycles. The van der Waals surface area contributed by atoms with Gasteiger partial charge in [0, 0.05) is 48.5 Å². The van der Waals surface area contributed by atoms with Crippen molar-refractivity contribution in [2.24, 2.45) is 5.92 Å². The molecule has 3 heterocycles. The van der Waals surface area contributed by atoms with E-state index < -0.39 is 23.4 Å². The standard InChI is InChI=1S/C23H26ClN5O3/c1-15(13-23(19-8-3-4-9-25-19)21(31)26-22(32)27-23)20(30)28-10-11-29(16(2)14-28)18-7-5-6-17(24)12-18/h3-9,12,15-16H,10-11,13-14H2,1-2H3,(H2,26,27,31,32). The molecule has 2 aliphatic rings. The van der Waals surface area contributed by atoms with E-state index in [2.05, 4.69) is 27.4 Å². The lowest BCUT2D eigenvalue weighted by Crippen LogP contribution is -2.55. The van der Waals surface area contributed by atoms with E-state index in [0.717, 1.165) is 5.69 Å². The van der Waals surface area contributed by atoms with E-state index in [1.54, 1.807) is 31.3 Å². The molecule has 0 bridgehead atoms. The number of pyridine rings is 1. The van der Waals surface area contributed by atoms with Crippen LogP contribution in [0.15, 0.2) is 48.7 Å². The number of imide groups is 1. The van der Waals surface area contributed by atoms with Gasteiger partial charge in [0.25, 0.3) is 5.91 Å². The normalized spacial score (nSPS) is 24.2. The number of urea groups is 1. The van der Waals surface area contributed by atoms with Crippen LogP contribution < -0.4 is 15.5 Å². The number of carbonyl (C=O) groups is 3. The molecule has 4 amide bonds. The smallest absolute Gasteiger partial charge is 0.322 e. The van der Waals surface area contributed by atoms with Gasteiger partial charge in [-0.2, -0.15) is 0 Å². The minimum Gasteiger partial charge on any atom is -0.365 e. The Hall–Kier alpha value is -3.13. The molecule has 0 saturated carbocycles. The van der Waals surface area contributed by atoms with Crippen LogP contribution in [0.2, 0.25) is 5.02 Å². The van der Waals surface area contributed by atoms with Crippen LogP contribution in [0, 0.1) is 5.92 Å². The number of amides is 4. The molecule has 2 aromatic rings. The summed E-state index contributed by atoms with van der Waals surface area (Å²) in [5, 5.41) is 5.68. The number of nitrogens with one attached hydrogen (secondary N) is 2. The summed E-state index contributed by atoms with van der Waals surface area (Å²) in [5.74, 6) is -1.03. The van der Waals surface area contributed by atoms with Crippen molar-refractivity contribution in [3.63, 3.8) is 0 Å². The number of nitrogens with zero attached hydrogens (tertiary/aromatic N) is 3. The van der Waals surface area contributed by atoms with Gasteiger partial charge in [-0.05, 0) is 43.7 Å². The SMILES string of the molecule is CC(CC1(c2ccccn2)NC(=O)NC1=O)C(=O)N1CCN(c2cccc(Cl)c2)C(C)C1. The fraction of sp³-hybridized carbons (Fsp3) is 0.391. The Balaban J connectivity index is 1.48. The van der Waals surface area contributed by atoms with E-state index in [9.17, 15) is 14.4 Å².